The van der Waals surface area contributed by atoms with Crippen molar-refractivity contribution in [2.75, 3.05) is 6.54 Å². The Bertz CT molecular complexity index is 449. The van der Waals surface area contributed by atoms with Gasteiger partial charge in [-0.2, -0.15) is 5.10 Å². The number of hydrogen-bond acceptors (Lipinski definition) is 4. The predicted octanol–water partition coefficient (Wildman–Crippen LogP) is 1.73. The van der Waals surface area contributed by atoms with Crippen LogP contribution in [0.15, 0.2) is 6.20 Å². The van der Waals surface area contributed by atoms with E-state index in [2.05, 4.69) is 15.7 Å². The molecular formula is C14H26N4O2. The number of nitrogens with one attached hydrogen (secondary N) is 2. The van der Waals surface area contributed by atoms with E-state index in [-0.39, 0.29) is 12.1 Å². The third-order valence-corrected chi connectivity index (χ3v) is 2.71. The lowest BCUT2D eigenvalue weighted by Crippen LogP contribution is -2.41. The second-order valence-corrected chi connectivity index (χ2v) is 6.08. The van der Waals surface area contributed by atoms with E-state index < -0.39 is 5.60 Å². The van der Waals surface area contributed by atoms with Crippen molar-refractivity contribution in [3.63, 3.8) is 0 Å². The second kappa shape index (κ2) is 6.74. The number of ether oxygens (including phenoxy) is 1. The number of rotatable bonds is 5. The molecule has 0 saturated heterocycles. The Kier molecular flexibility index (Phi) is 5.56. The summed E-state index contributed by atoms with van der Waals surface area (Å²) in [5.74, 6) is 0. The maximum atomic E-state index is 11.5. The van der Waals surface area contributed by atoms with Crippen LogP contribution in [0.3, 0.4) is 0 Å². The topological polar surface area (TPSA) is 68.2 Å². The van der Waals surface area contributed by atoms with Crippen LogP contribution in [0.1, 0.15) is 39.0 Å². The molecule has 0 fully saturated rings. The first kappa shape index (κ1) is 16.5. The van der Waals surface area contributed by atoms with Gasteiger partial charge in [0, 0.05) is 37.9 Å². The lowest BCUT2D eigenvalue weighted by Gasteiger charge is -2.21. The number of hydrogen-bond donors (Lipinski definition) is 2. The summed E-state index contributed by atoms with van der Waals surface area (Å²) in [5.41, 5.74) is 1.72. The zero-order chi connectivity index (χ0) is 15.3. The van der Waals surface area contributed by atoms with Gasteiger partial charge in [-0.3, -0.25) is 4.68 Å². The molecule has 0 radical (unpaired) electrons. The molecule has 114 valence electrons. The van der Waals surface area contributed by atoms with Crippen LogP contribution in [0.25, 0.3) is 0 Å². The highest BCUT2D eigenvalue weighted by Crippen LogP contribution is 2.06. The first-order valence-corrected chi connectivity index (χ1v) is 6.87. The van der Waals surface area contributed by atoms with Gasteiger partial charge in [-0.05, 0) is 34.6 Å². The highest BCUT2D eigenvalue weighted by molar-refractivity contribution is 5.67. The Morgan fingerprint density at radius 2 is 2.15 bits per heavy atom. The van der Waals surface area contributed by atoms with Gasteiger partial charge in [0.15, 0.2) is 0 Å². The minimum absolute atomic E-state index is 0.155. The first-order chi connectivity index (χ1) is 9.17. The lowest BCUT2D eigenvalue weighted by molar-refractivity contribution is 0.0523. The summed E-state index contributed by atoms with van der Waals surface area (Å²) in [6, 6.07) is 0.155. The number of alkyl carbamates (subject to hydrolysis) is 1. The van der Waals surface area contributed by atoms with Crippen LogP contribution in [0.2, 0.25) is 0 Å². The Morgan fingerprint density at radius 3 is 2.65 bits per heavy atom. The molecule has 1 unspecified atom stereocenters. The molecule has 1 atom stereocenters. The zero-order valence-electron chi connectivity index (χ0n) is 13.3. The van der Waals surface area contributed by atoms with E-state index in [1.54, 1.807) is 4.68 Å². The smallest absolute Gasteiger partial charge is 0.407 e. The van der Waals surface area contributed by atoms with Gasteiger partial charge in [0.05, 0.1) is 5.69 Å². The molecule has 6 heteroatoms. The van der Waals surface area contributed by atoms with Crippen molar-refractivity contribution in [3.8, 4) is 0 Å². The minimum Gasteiger partial charge on any atom is -0.444 e. The molecule has 0 aliphatic carbocycles. The summed E-state index contributed by atoms with van der Waals surface area (Å²) >= 11 is 0. The highest BCUT2D eigenvalue weighted by Gasteiger charge is 2.16. The van der Waals surface area contributed by atoms with Crippen LogP contribution >= 0.6 is 0 Å². The third-order valence-electron chi connectivity index (χ3n) is 2.71. The summed E-state index contributed by atoms with van der Waals surface area (Å²) in [7, 11) is 1.91. The average Bonchev–Trinajstić information content (AvgIpc) is 2.60. The van der Waals surface area contributed by atoms with E-state index in [0.717, 1.165) is 17.8 Å². The second-order valence-electron chi connectivity index (χ2n) is 6.08. The number of carbonyl (C=O) groups is 1. The van der Waals surface area contributed by atoms with Crippen LogP contribution in [0.4, 0.5) is 4.79 Å². The molecule has 20 heavy (non-hydrogen) atoms. The first-order valence-electron chi connectivity index (χ1n) is 6.87. The Hall–Kier alpha value is -1.56. The molecule has 1 rings (SSSR count). The molecule has 0 spiro atoms. The molecule has 1 aromatic rings. The van der Waals surface area contributed by atoms with Crippen LogP contribution in [-0.4, -0.2) is 34.1 Å². The number of carbonyl (C=O) groups excluding carboxylic acids is 1. The number of nitrogens with zero attached hydrogens (tertiary/aromatic N) is 2. The Morgan fingerprint density at radius 1 is 1.50 bits per heavy atom. The quantitative estimate of drug-likeness (QED) is 0.863. The van der Waals surface area contributed by atoms with Crippen molar-refractivity contribution in [3.05, 3.63) is 17.5 Å². The lowest BCUT2D eigenvalue weighted by atomic mass is 10.2. The van der Waals surface area contributed by atoms with E-state index >= 15 is 0 Å². The van der Waals surface area contributed by atoms with Crippen molar-refractivity contribution < 1.29 is 9.53 Å². The van der Waals surface area contributed by atoms with Crippen LogP contribution in [0.5, 0.6) is 0 Å². The number of aromatic nitrogens is 2. The van der Waals surface area contributed by atoms with Crippen LogP contribution < -0.4 is 10.6 Å². The molecule has 0 aromatic carbocycles. The maximum absolute atomic E-state index is 11.5. The maximum Gasteiger partial charge on any atom is 0.407 e. The molecule has 0 saturated carbocycles. The molecular weight excluding hydrogens is 256 g/mol. The Balaban J connectivity index is 2.29. The highest BCUT2D eigenvalue weighted by atomic mass is 16.6. The van der Waals surface area contributed by atoms with E-state index in [9.17, 15) is 4.79 Å². The molecule has 1 heterocycles. The SMILES string of the molecule is Cc1nn(C)cc1CNC(C)CNC(=O)OC(C)(C)C. The normalized spacial score (nSPS) is 13.1. The average molecular weight is 282 g/mol. The van der Waals surface area contributed by atoms with Gasteiger partial charge in [0.1, 0.15) is 5.60 Å². The van der Waals surface area contributed by atoms with E-state index in [1.807, 2.05) is 47.9 Å². The van der Waals surface area contributed by atoms with Gasteiger partial charge in [0.25, 0.3) is 0 Å². The summed E-state index contributed by atoms with van der Waals surface area (Å²) in [6.07, 6.45) is 1.61. The summed E-state index contributed by atoms with van der Waals surface area (Å²) in [6.45, 7) is 10.8. The monoisotopic (exact) mass is 282 g/mol. The van der Waals surface area contributed by atoms with Gasteiger partial charge in [0.2, 0.25) is 0 Å². The van der Waals surface area contributed by atoms with Crippen LogP contribution in [-0.2, 0) is 18.3 Å². The van der Waals surface area contributed by atoms with Gasteiger partial charge < -0.3 is 15.4 Å². The molecule has 2 N–H and O–H groups in total. The largest absolute Gasteiger partial charge is 0.444 e. The van der Waals surface area contributed by atoms with Crippen molar-refractivity contribution >= 4 is 6.09 Å². The fraction of sp³-hybridized carbons (Fsp3) is 0.714. The van der Waals surface area contributed by atoms with E-state index in [1.165, 1.54) is 0 Å². The van der Waals surface area contributed by atoms with Crippen molar-refractivity contribution in [2.24, 2.45) is 7.05 Å². The number of aryl methyl sites for hydroxylation is 2. The van der Waals surface area contributed by atoms with Crippen molar-refractivity contribution in [1.29, 1.82) is 0 Å². The van der Waals surface area contributed by atoms with Crippen molar-refractivity contribution in [1.82, 2.24) is 20.4 Å². The molecule has 1 amide bonds. The van der Waals surface area contributed by atoms with Gasteiger partial charge in [-0.25, -0.2) is 4.79 Å². The number of amides is 1. The molecule has 6 nitrogen and oxygen atoms in total. The van der Waals surface area contributed by atoms with E-state index in [4.69, 9.17) is 4.74 Å². The van der Waals surface area contributed by atoms with Gasteiger partial charge in [-0.1, -0.05) is 0 Å². The molecule has 1 aromatic heterocycles. The molecule has 0 bridgehead atoms. The van der Waals surface area contributed by atoms with Gasteiger partial charge in [-0.15, -0.1) is 0 Å². The summed E-state index contributed by atoms with van der Waals surface area (Å²) in [5, 5.41) is 10.4. The Labute approximate surface area is 120 Å². The minimum atomic E-state index is -0.465. The van der Waals surface area contributed by atoms with E-state index in [0.29, 0.717) is 6.54 Å². The van der Waals surface area contributed by atoms with Gasteiger partial charge >= 0.3 is 6.09 Å². The molecule has 0 aliphatic heterocycles. The summed E-state index contributed by atoms with van der Waals surface area (Å²) < 4.78 is 6.98. The standard InChI is InChI=1S/C14H26N4O2/c1-10(7-16-13(19)20-14(3,4)5)15-8-12-9-18(6)17-11(12)2/h9-10,15H,7-8H2,1-6H3,(H,16,19). The fourth-order valence-electron chi connectivity index (χ4n) is 1.73. The zero-order valence-corrected chi connectivity index (χ0v) is 13.3. The summed E-state index contributed by atoms with van der Waals surface area (Å²) in [4.78, 5) is 11.5. The predicted molar refractivity (Wildman–Crippen MR) is 78.5 cm³/mol. The molecule has 0 aliphatic rings. The van der Waals surface area contributed by atoms with Crippen LogP contribution in [0, 0.1) is 6.92 Å². The fourth-order valence-corrected chi connectivity index (χ4v) is 1.73. The third kappa shape index (κ3) is 6.06. The van der Waals surface area contributed by atoms with Crippen molar-refractivity contribution in [2.45, 2.75) is 52.8 Å².